The van der Waals surface area contributed by atoms with Crippen molar-refractivity contribution >= 4 is 5.78 Å². The fourth-order valence-corrected chi connectivity index (χ4v) is 2.01. The molecule has 3 nitrogen and oxygen atoms in total. The molecule has 0 fully saturated rings. The van der Waals surface area contributed by atoms with Gasteiger partial charge in [-0.05, 0) is 35.9 Å². The zero-order valence-corrected chi connectivity index (χ0v) is 11.7. The van der Waals surface area contributed by atoms with Gasteiger partial charge in [-0.25, -0.2) is 8.78 Å². The van der Waals surface area contributed by atoms with E-state index in [1.165, 1.54) is 20.3 Å². The molecule has 0 bridgehead atoms. The van der Waals surface area contributed by atoms with Crippen LogP contribution in [0, 0.1) is 11.6 Å². The second-order valence-corrected chi connectivity index (χ2v) is 4.45. The highest BCUT2D eigenvalue weighted by atomic mass is 19.1. The molecule has 2 aromatic rings. The molecule has 0 spiro atoms. The molecule has 0 amide bonds. The third-order valence-electron chi connectivity index (χ3n) is 2.99. The van der Waals surface area contributed by atoms with Gasteiger partial charge in [-0.1, -0.05) is 0 Å². The topological polar surface area (TPSA) is 35.5 Å². The van der Waals surface area contributed by atoms with Crippen LogP contribution < -0.4 is 9.47 Å². The van der Waals surface area contributed by atoms with Crippen LogP contribution in [-0.4, -0.2) is 20.0 Å². The molecule has 2 aromatic carbocycles. The quantitative estimate of drug-likeness (QED) is 0.792. The lowest BCUT2D eigenvalue weighted by Gasteiger charge is -2.09. The highest BCUT2D eigenvalue weighted by Gasteiger charge is 2.12. The van der Waals surface area contributed by atoms with Crippen molar-refractivity contribution in [1.82, 2.24) is 0 Å². The van der Waals surface area contributed by atoms with E-state index < -0.39 is 11.6 Å². The van der Waals surface area contributed by atoms with Gasteiger partial charge in [-0.15, -0.1) is 0 Å². The van der Waals surface area contributed by atoms with Crippen LogP contribution in [0.3, 0.4) is 0 Å². The van der Waals surface area contributed by atoms with E-state index in [1.807, 2.05) is 0 Å². The van der Waals surface area contributed by atoms with Crippen LogP contribution in [0.4, 0.5) is 8.78 Å². The first-order chi connectivity index (χ1) is 10.0. The Morgan fingerprint density at radius 2 is 1.57 bits per heavy atom. The molecule has 0 unspecified atom stereocenters. The Hall–Kier alpha value is -2.43. The summed E-state index contributed by atoms with van der Waals surface area (Å²) in [7, 11) is 2.96. The minimum atomic E-state index is -0.704. The predicted molar refractivity (Wildman–Crippen MR) is 73.9 cm³/mol. The molecule has 2 rings (SSSR count). The maximum absolute atomic E-state index is 13.1. The van der Waals surface area contributed by atoms with E-state index in [-0.39, 0.29) is 17.8 Å². The van der Waals surface area contributed by atoms with Crippen LogP contribution in [0.15, 0.2) is 36.4 Å². The van der Waals surface area contributed by atoms with Gasteiger partial charge in [-0.2, -0.15) is 0 Å². The van der Waals surface area contributed by atoms with Crippen LogP contribution in [0.2, 0.25) is 0 Å². The number of carbonyl (C=O) groups excluding carboxylic acids is 1. The number of hydrogen-bond acceptors (Lipinski definition) is 3. The highest BCUT2D eigenvalue weighted by molar-refractivity contribution is 5.98. The zero-order valence-electron chi connectivity index (χ0n) is 11.7. The summed E-state index contributed by atoms with van der Waals surface area (Å²) < 4.78 is 36.4. The monoisotopic (exact) mass is 292 g/mol. The molecule has 0 aliphatic carbocycles. The number of methoxy groups -OCH3 is 2. The van der Waals surface area contributed by atoms with E-state index in [2.05, 4.69) is 0 Å². The maximum atomic E-state index is 13.1. The summed E-state index contributed by atoms with van der Waals surface area (Å²) >= 11 is 0. The first-order valence-electron chi connectivity index (χ1n) is 6.23. The molecule has 0 saturated carbocycles. The molecule has 5 heteroatoms. The summed E-state index contributed by atoms with van der Waals surface area (Å²) in [6.07, 6.45) is -0.0931. The lowest BCUT2D eigenvalue weighted by atomic mass is 10.0. The van der Waals surface area contributed by atoms with Crippen molar-refractivity contribution in [2.24, 2.45) is 0 Å². The molecule has 21 heavy (non-hydrogen) atoms. The van der Waals surface area contributed by atoms with E-state index in [9.17, 15) is 13.6 Å². The number of rotatable bonds is 5. The van der Waals surface area contributed by atoms with Crippen molar-refractivity contribution in [2.75, 3.05) is 14.2 Å². The van der Waals surface area contributed by atoms with E-state index in [0.717, 1.165) is 18.2 Å². The predicted octanol–water partition coefficient (Wildman–Crippen LogP) is 3.41. The molecule has 0 aliphatic heterocycles. The Balaban J connectivity index is 2.24. The van der Waals surface area contributed by atoms with Gasteiger partial charge in [0.25, 0.3) is 0 Å². The van der Waals surface area contributed by atoms with Crippen molar-refractivity contribution in [3.8, 4) is 11.5 Å². The molecular formula is C16H14F2O3. The van der Waals surface area contributed by atoms with Gasteiger partial charge < -0.3 is 9.47 Å². The Morgan fingerprint density at radius 1 is 0.952 bits per heavy atom. The molecule has 0 atom stereocenters. The average molecular weight is 292 g/mol. The molecule has 0 aliphatic rings. The minimum Gasteiger partial charge on any atom is -0.493 e. The maximum Gasteiger partial charge on any atom is 0.167 e. The Bertz CT molecular complexity index is 648. The zero-order chi connectivity index (χ0) is 15.4. The number of benzene rings is 2. The summed E-state index contributed by atoms with van der Waals surface area (Å²) in [5.74, 6) is -0.740. The Morgan fingerprint density at radius 3 is 2.14 bits per heavy atom. The van der Waals surface area contributed by atoms with Crippen molar-refractivity contribution in [3.63, 3.8) is 0 Å². The fourth-order valence-electron chi connectivity index (χ4n) is 2.01. The lowest BCUT2D eigenvalue weighted by molar-refractivity contribution is 0.0992. The number of carbonyl (C=O) groups is 1. The molecular weight excluding hydrogens is 278 g/mol. The SMILES string of the molecule is COc1ccc(C(=O)Cc2cc(F)cc(F)c2)cc1OC. The van der Waals surface area contributed by atoms with Crippen LogP contribution in [0.1, 0.15) is 15.9 Å². The second kappa shape index (κ2) is 6.35. The lowest BCUT2D eigenvalue weighted by Crippen LogP contribution is -2.05. The van der Waals surface area contributed by atoms with Crippen molar-refractivity contribution < 1.29 is 23.0 Å². The van der Waals surface area contributed by atoms with Gasteiger partial charge in [0.15, 0.2) is 17.3 Å². The van der Waals surface area contributed by atoms with Crippen LogP contribution in [-0.2, 0) is 6.42 Å². The Kier molecular flexibility index (Phi) is 4.52. The van der Waals surface area contributed by atoms with Crippen LogP contribution >= 0.6 is 0 Å². The van der Waals surface area contributed by atoms with Crippen LogP contribution in [0.25, 0.3) is 0 Å². The highest BCUT2D eigenvalue weighted by Crippen LogP contribution is 2.28. The summed E-state index contributed by atoms with van der Waals surface area (Å²) in [6.45, 7) is 0. The average Bonchev–Trinajstić information content (AvgIpc) is 2.45. The normalized spacial score (nSPS) is 10.3. The second-order valence-electron chi connectivity index (χ2n) is 4.45. The van der Waals surface area contributed by atoms with E-state index >= 15 is 0 Å². The third kappa shape index (κ3) is 3.56. The van der Waals surface area contributed by atoms with Gasteiger partial charge in [0, 0.05) is 18.1 Å². The van der Waals surface area contributed by atoms with E-state index in [4.69, 9.17) is 9.47 Å². The van der Waals surface area contributed by atoms with Crippen LogP contribution in [0.5, 0.6) is 11.5 Å². The first kappa shape index (κ1) is 15.0. The molecule has 0 aromatic heterocycles. The van der Waals surface area contributed by atoms with E-state index in [0.29, 0.717) is 17.1 Å². The molecule has 0 radical (unpaired) electrons. The van der Waals surface area contributed by atoms with Gasteiger partial charge in [0.1, 0.15) is 11.6 Å². The molecule has 110 valence electrons. The van der Waals surface area contributed by atoms with Gasteiger partial charge in [0.05, 0.1) is 14.2 Å². The largest absolute Gasteiger partial charge is 0.493 e. The van der Waals surface area contributed by atoms with Gasteiger partial charge in [-0.3, -0.25) is 4.79 Å². The smallest absolute Gasteiger partial charge is 0.167 e. The standard InChI is InChI=1S/C16H14F2O3/c1-20-15-4-3-11(8-16(15)21-2)14(19)7-10-5-12(17)9-13(18)6-10/h3-6,8-9H,7H2,1-2H3. The number of ether oxygens (including phenoxy) is 2. The summed E-state index contributed by atoms with van der Waals surface area (Å²) in [4.78, 5) is 12.2. The molecule has 0 heterocycles. The van der Waals surface area contributed by atoms with Gasteiger partial charge >= 0.3 is 0 Å². The van der Waals surface area contributed by atoms with Crippen molar-refractivity contribution in [2.45, 2.75) is 6.42 Å². The fraction of sp³-hybridized carbons (Fsp3) is 0.188. The number of hydrogen-bond donors (Lipinski definition) is 0. The summed E-state index contributed by atoms with van der Waals surface area (Å²) in [5.41, 5.74) is 0.671. The summed E-state index contributed by atoms with van der Waals surface area (Å²) in [5, 5.41) is 0. The first-order valence-corrected chi connectivity index (χ1v) is 6.23. The molecule has 0 saturated heterocycles. The Labute approximate surface area is 121 Å². The van der Waals surface area contributed by atoms with Crippen molar-refractivity contribution in [1.29, 1.82) is 0 Å². The van der Waals surface area contributed by atoms with Crippen molar-refractivity contribution in [3.05, 3.63) is 59.2 Å². The molecule has 0 N–H and O–H groups in total. The van der Waals surface area contributed by atoms with Gasteiger partial charge in [0.2, 0.25) is 0 Å². The summed E-state index contributed by atoms with van der Waals surface area (Å²) in [6, 6.07) is 7.78. The number of Topliss-reactive ketones (excluding diaryl/α,β-unsaturated/α-hetero) is 1. The number of ketones is 1. The van der Waals surface area contributed by atoms with E-state index in [1.54, 1.807) is 12.1 Å². The third-order valence-corrected chi connectivity index (χ3v) is 2.99. The number of halogens is 2. The minimum absolute atomic E-state index is 0.0931.